The highest BCUT2D eigenvalue weighted by Crippen LogP contribution is 2.31. The zero-order chi connectivity index (χ0) is 24.6. The number of fused-ring (bicyclic) bond motifs is 1. The predicted octanol–water partition coefficient (Wildman–Crippen LogP) is 3.84. The van der Waals surface area contributed by atoms with Crippen LogP contribution in [0, 0.1) is 12.7 Å². The van der Waals surface area contributed by atoms with Crippen LogP contribution in [0.2, 0.25) is 0 Å². The second-order valence-electron chi connectivity index (χ2n) is 8.40. The summed E-state index contributed by atoms with van der Waals surface area (Å²) in [5.74, 6) is 0.415. The van der Waals surface area contributed by atoms with Crippen molar-refractivity contribution in [3.63, 3.8) is 0 Å². The van der Waals surface area contributed by atoms with Crippen LogP contribution in [0.5, 0.6) is 0 Å². The summed E-state index contributed by atoms with van der Waals surface area (Å²) in [5.41, 5.74) is -0.0350. The molecule has 4 rings (SSSR count). The molecule has 0 bridgehead atoms. The van der Waals surface area contributed by atoms with Gasteiger partial charge in [0.2, 0.25) is 10.0 Å². The molecular weight excluding hydrogens is 469 g/mol. The third kappa shape index (κ3) is 4.92. The maximum Gasteiger partial charge on any atom is 0.266 e. The Morgan fingerprint density at radius 1 is 1.24 bits per heavy atom. The molecule has 1 saturated heterocycles. The van der Waals surface area contributed by atoms with Gasteiger partial charge in [0.15, 0.2) is 0 Å². The zero-order valence-electron chi connectivity index (χ0n) is 18.7. The van der Waals surface area contributed by atoms with E-state index in [9.17, 15) is 21.6 Å². The summed E-state index contributed by atoms with van der Waals surface area (Å²) in [7, 11) is -3.68. The molecule has 12 heteroatoms. The van der Waals surface area contributed by atoms with E-state index in [1.165, 1.54) is 12.1 Å². The highest BCUT2D eigenvalue weighted by atomic mass is 32.2. The summed E-state index contributed by atoms with van der Waals surface area (Å²) in [6.45, 7) is 4.18. The molecule has 1 aromatic carbocycles. The number of benzene rings is 1. The Balaban J connectivity index is 1.69. The number of primary sulfonamides is 1. The van der Waals surface area contributed by atoms with Crippen molar-refractivity contribution in [3.05, 3.63) is 53.2 Å². The molecule has 182 valence electrons. The summed E-state index contributed by atoms with van der Waals surface area (Å²) >= 11 is 0. The molecule has 2 atom stereocenters. The zero-order valence-corrected chi connectivity index (χ0v) is 19.5. The van der Waals surface area contributed by atoms with Gasteiger partial charge in [-0.25, -0.2) is 41.7 Å². The molecule has 1 fully saturated rings. The van der Waals surface area contributed by atoms with Gasteiger partial charge in [-0.3, -0.25) is 0 Å². The Hall–Kier alpha value is -2.99. The number of hydrogen-bond acceptors (Lipinski definition) is 7. The van der Waals surface area contributed by atoms with E-state index < -0.39 is 39.1 Å². The quantitative estimate of drug-likeness (QED) is 0.535. The van der Waals surface area contributed by atoms with Gasteiger partial charge in [-0.2, -0.15) is 0 Å². The van der Waals surface area contributed by atoms with Crippen LogP contribution in [0.4, 0.5) is 24.8 Å². The van der Waals surface area contributed by atoms with Crippen LogP contribution < -0.4 is 15.4 Å². The van der Waals surface area contributed by atoms with Crippen LogP contribution in [0.25, 0.3) is 10.9 Å². The van der Waals surface area contributed by atoms with Gasteiger partial charge < -0.3 is 10.2 Å². The van der Waals surface area contributed by atoms with Crippen LogP contribution in [-0.4, -0.2) is 41.7 Å². The van der Waals surface area contributed by atoms with Crippen LogP contribution in [0.15, 0.2) is 30.5 Å². The van der Waals surface area contributed by atoms with Crippen LogP contribution in [0.3, 0.4) is 0 Å². The van der Waals surface area contributed by atoms with E-state index in [-0.39, 0.29) is 12.1 Å². The van der Waals surface area contributed by atoms with Crippen LogP contribution >= 0.6 is 0 Å². The van der Waals surface area contributed by atoms with E-state index >= 15 is 0 Å². The molecule has 3 heterocycles. The third-order valence-corrected chi connectivity index (χ3v) is 7.27. The fourth-order valence-corrected chi connectivity index (χ4v) is 5.07. The molecule has 0 saturated carbocycles. The van der Waals surface area contributed by atoms with Crippen molar-refractivity contribution in [1.82, 2.24) is 15.0 Å². The first-order valence-electron chi connectivity index (χ1n) is 10.8. The molecule has 8 nitrogen and oxygen atoms in total. The maximum absolute atomic E-state index is 14.7. The number of rotatable bonds is 6. The van der Waals surface area contributed by atoms with Gasteiger partial charge in [-0.1, -0.05) is 18.2 Å². The first-order valence-corrected chi connectivity index (χ1v) is 12.4. The second-order valence-corrected chi connectivity index (χ2v) is 10.2. The van der Waals surface area contributed by atoms with Gasteiger partial charge in [-0.15, -0.1) is 0 Å². The van der Waals surface area contributed by atoms with Crippen molar-refractivity contribution < 1.29 is 21.6 Å². The summed E-state index contributed by atoms with van der Waals surface area (Å²) in [6, 6.07) is 4.97. The highest BCUT2D eigenvalue weighted by molar-refractivity contribution is 7.89. The van der Waals surface area contributed by atoms with E-state index in [2.05, 4.69) is 20.3 Å². The minimum Gasteiger partial charge on any atom is -0.363 e. The number of nitrogens with one attached hydrogen (secondary N) is 1. The number of pyridine rings is 1. The van der Waals surface area contributed by atoms with Crippen molar-refractivity contribution in [3.8, 4) is 0 Å². The molecule has 34 heavy (non-hydrogen) atoms. The number of alkyl halides is 2. The lowest BCUT2D eigenvalue weighted by Crippen LogP contribution is -2.45. The number of nitrogens with two attached hydrogens (primary N) is 1. The standard InChI is InChI=1S/C22H25F3N6O2S/c1-12(15-6-3-7-16(20(15)23)21(24)25)28-22-17-9-19(27-10-18(17)29-13(2)30-22)31-8-4-5-14(11-31)34(26,32)33/h3,6-7,9-10,12,14,21H,4-5,8,11H2,1-2H3,(H2,26,32,33)(H,28,29,30)/t12-,14-/m1/s1. The van der Waals surface area contributed by atoms with Gasteiger partial charge in [0.25, 0.3) is 6.43 Å². The molecule has 0 amide bonds. The minimum absolute atomic E-state index is 0.0866. The van der Waals surface area contributed by atoms with E-state index in [1.54, 1.807) is 26.1 Å². The highest BCUT2D eigenvalue weighted by Gasteiger charge is 2.29. The van der Waals surface area contributed by atoms with Gasteiger partial charge in [0.05, 0.1) is 28.6 Å². The Kier molecular flexibility index (Phi) is 6.63. The number of aromatic nitrogens is 3. The van der Waals surface area contributed by atoms with Crippen molar-refractivity contribution >= 4 is 32.6 Å². The molecule has 1 aliphatic rings. The number of piperidine rings is 1. The second kappa shape index (κ2) is 9.34. The van der Waals surface area contributed by atoms with Crippen LogP contribution in [-0.2, 0) is 10.0 Å². The number of anilines is 2. The molecule has 0 radical (unpaired) electrons. The number of halogens is 3. The normalized spacial score (nSPS) is 17.9. The van der Waals surface area contributed by atoms with Crippen molar-refractivity contribution in [2.45, 2.75) is 44.4 Å². The maximum atomic E-state index is 14.7. The molecule has 0 spiro atoms. The van der Waals surface area contributed by atoms with Crippen molar-refractivity contribution in [2.75, 3.05) is 23.3 Å². The first-order chi connectivity index (χ1) is 16.0. The Morgan fingerprint density at radius 2 is 1.97 bits per heavy atom. The first kappa shape index (κ1) is 24.1. The largest absolute Gasteiger partial charge is 0.363 e. The molecule has 0 aliphatic carbocycles. The fraction of sp³-hybridized carbons (Fsp3) is 0.409. The van der Waals surface area contributed by atoms with E-state index in [1.807, 2.05) is 4.90 Å². The Bertz CT molecular complexity index is 1320. The minimum atomic E-state index is -3.68. The van der Waals surface area contributed by atoms with Crippen molar-refractivity contribution in [1.29, 1.82) is 0 Å². The van der Waals surface area contributed by atoms with Crippen molar-refractivity contribution in [2.24, 2.45) is 5.14 Å². The topological polar surface area (TPSA) is 114 Å². The predicted molar refractivity (Wildman–Crippen MR) is 124 cm³/mol. The van der Waals surface area contributed by atoms with E-state index in [4.69, 9.17) is 5.14 Å². The smallest absolute Gasteiger partial charge is 0.266 e. The summed E-state index contributed by atoms with van der Waals surface area (Å²) in [6.07, 6.45) is -0.228. The summed E-state index contributed by atoms with van der Waals surface area (Å²) in [4.78, 5) is 15.1. The number of nitrogens with zero attached hydrogens (tertiary/aromatic N) is 4. The number of hydrogen-bond donors (Lipinski definition) is 2. The fourth-order valence-electron chi connectivity index (χ4n) is 4.19. The van der Waals surface area contributed by atoms with Gasteiger partial charge in [0, 0.05) is 24.0 Å². The molecule has 2 aromatic heterocycles. The molecule has 3 N–H and O–H groups in total. The number of sulfonamides is 1. The third-order valence-electron chi connectivity index (χ3n) is 5.96. The molecule has 3 aromatic rings. The van der Waals surface area contributed by atoms with Crippen LogP contribution in [0.1, 0.15) is 49.2 Å². The average molecular weight is 495 g/mol. The van der Waals surface area contributed by atoms with E-state index in [0.29, 0.717) is 47.7 Å². The average Bonchev–Trinajstić information content (AvgIpc) is 2.78. The molecule has 1 aliphatic heterocycles. The van der Waals surface area contributed by atoms with Gasteiger partial charge in [0.1, 0.15) is 23.3 Å². The SMILES string of the molecule is Cc1nc(N[C@H](C)c2cccc(C(F)F)c2F)c2cc(N3CCC[C@@H](S(N)(=O)=O)C3)ncc2n1. The Labute approximate surface area is 195 Å². The lowest BCUT2D eigenvalue weighted by atomic mass is 10.0. The molecular formula is C22H25F3N6O2S. The summed E-state index contributed by atoms with van der Waals surface area (Å²) < 4.78 is 64.6. The summed E-state index contributed by atoms with van der Waals surface area (Å²) in [5, 5.41) is 8.37. The van der Waals surface area contributed by atoms with E-state index in [0.717, 1.165) is 6.07 Å². The van der Waals surface area contributed by atoms with Gasteiger partial charge >= 0.3 is 0 Å². The number of aryl methyl sites for hydroxylation is 1. The molecule has 0 unspecified atom stereocenters. The lowest BCUT2D eigenvalue weighted by Gasteiger charge is -2.32. The monoisotopic (exact) mass is 494 g/mol. The van der Waals surface area contributed by atoms with Gasteiger partial charge in [-0.05, 0) is 32.8 Å². The lowest BCUT2D eigenvalue weighted by molar-refractivity contribution is 0.146. The Morgan fingerprint density at radius 3 is 2.68 bits per heavy atom.